The van der Waals surface area contributed by atoms with Gasteiger partial charge < -0.3 is 5.11 Å². The summed E-state index contributed by atoms with van der Waals surface area (Å²) < 4.78 is 0. The van der Waals surface area contributed by atoms with Gasteiger partial charge in [0.05, 0.1) is 6.10 Å². The Labute approximate surface area is 108 Å². The van der Waals surface area contributed by atoms with Crippen molar-refractivity contribution in [3.05, 3.63) is 0 Å². The summed E-state index contributed by atoms with van der Waals surface area (Å²) in [6, 6.07) is 0. The van der Waals surface area contributed by atoms with E-state index in [0.717, 1.165) is 25.7 Å². The van der Waals surface area contributed by atoms with Crippen LogP contribution in [0.5, 0.6) is 0 Å². The lowest BCUT2D eigenvalue weighted by molar-refractivity contribution is -0.153. The van der Waals surface area contributed by atoms with Crippen LogP contribution in [0.4, 0.5) is 0 Å². The zero-order valence-corrected chi connectivity index (χ0v) is 11.3. The number of hydrogen-bond donors (Lipinski definition) is 1. The standard InChI is InChI=1S/C14H23NO3/c1-14(2)7-12(17)15(13(18)8-14)9-10-3-5-11(16)6-4-10/h10-11,16H,3-9H2,1-2H3. The van der Waals surface area contributed by atoms with Crippen LogP contribution >= 0.6 is 0 Å². The van der Waals surface area contributed by atoms with Gasteiger partial charge in [-0.15, -0.1) is 0 Å². The second kappa shape index (κ2) is 5.00. The van der Waals surface area contributed by atoms with E-state index in [0.29, 0.717) is 25.3 Å². The summed E-state index contributed by atoms with van der Waals surface area (Å²) in [6.07, 6.45) is 4.18. The minimum Gasteiger partial charge on any atom is -0.393 e. The molecule has 1 N–H and O–H groups in total. The highest BCUT2D eigenvalue weighted by Gasteiger charge is 2.38. The second-order valence-corrected chi connectivity index (χ2v) is 6.59. The molecule has 1 aliphatic carbocycles. The predicted octanol–water partition coefficient (Wildman–Crippen LogP) is 1.71. The summed E-state index contributed by atoms with van der Waals surface area (Å²) >= 11 is 0. The van der Waals surface area contributed by atoms with Gasteiger partial charge in [0.25, 0.3) is 0 Å². The van der Waals surface area contributed by atoms with E-state index < -0.39 is 0 Å². The number of amides is 2. The first-order chi connectivity index (χ1) is 8.37. The van der Waals surface area contributed by atoms with Crippen molar-refractivity contribution in [2.45, 2.75) is 58.5 Å². The van der Waals surface area contributed by atoms with Crippen molar-refractivity contribution in [2.24, 2.45) is 11.3 Å². The molecule has 0 bridgehead atoms. The molecule has 0 atom stereocenters. The Balaban J connectivity index is 1.93. The zero-order valence-electron chi connectivity index (χ0n) is 11.3. The number of imide groups is 1. The third-order valence-corrected chi connectivity index (χ3v) is 4.12. The molecule has 0 aromatic heterocycles. The van der Waals surface area contributed by atoms with Crippen LogP contribution < -0.4 is 0 Å². The first kappa shape index (κ1) is 13.5. The fourth-order valence-corrected chi connectivity index (χ4v) is 3.00. The van der Waals surface area contributed by atoms with Crippen molar-refractivity contribution in [2.75, 3.05) is 6.54 Å². The van der Waals surface area contributed by atoms with Crippen LogP contribution in [0.2, 0.25) is 0 Å². The predicted molar refractivity (Wildman–Crippen MR) is 67.7 cm³/mol. The molecule has 2 amide bonds. The quantitative estimate of drug-likeness (QED) is 0.762. The maximum Gasteiger partial charge on any atom is 0.229 e. The molecule has 0 aromatic rings. The lowest BCUT2D eigenvalue weighted by Crippen LogP contribution is -2.48. The SMILES string of the molecule is CC1(C)CC(=O)N(CC2CCC(O)CC2)C(=O)C1. The van der Waals surface area contributed by atoms with E-state index in [2.05, 4.69) is 0 Å². The third-order valence-electron chi connectivity index (χ3n) is 4.12. The van der Waals surface area contributed by atoms with Crippen LogP contribution in [-0.2, 0) is 9.59 Å². The highest BCUT2D eigenvalue weighted by Crippen LogP contribution is 2.33. The van der Waals surface area contributed by atoms with E-state index in [-0.39, 0.29) is 23.3 Å². The topological polar surface area (TPSA) is 57.6 Å². The molecule has 2 fully saturated rings. The normalized spacial score (nSPS) is 32.7. The molecular formula is C14H23NO3. The minimum absolute atomic E-state index is 0.0256. The lowest BCUT2D eigenvalue weighted by atomic mass is 9.80. The summed E-state index contributed by atoms with van der Waals surface area (Å²) in [7, 11) is 0. The average Bonchev–Trinajstić information content (AvgIpc) is 2.24. The van der Waals surface area contributed by atoms with Crippen molar-refractivity contribution in [3.8, 4) is 0 Å². The molecule has 1 heterocycles. The van der Waals surface area contributed by atoms with Crippen LogP contribution in [0.1, 0.15) is 52.4 Å². The Morgan fingerprint density at radius 1 is 1.11 bits per heavy atom. The van der Waals surface area contributed by atoms with Gasteiger partial charge in [0.2, 0.25) is 11.8 Å². The molecular weight excluding hydrogens is 230 g/mol. The molecule has 0 radical (unpaired) electrons. The summed E-state index contributed by atoms with van der Waals surface area (Å²) in [5.74, 6) is 0.326. The number of hydrogen-bond acceptors (Lipinski definition) is 3. The Morgan fingerprint density at radius 3 is 2.11 bits per heavy atom. The maximum absolute atomic E-state index is 12.0. The highest BCUT2D eigenvalue weighted by molar-refractivity contribution is 5.98. The van der Waals surface area contributed by atoms with E-state index >= 15 is 0 Å². The van der Waals surface area contributed by atoms with E-state index in [4.69, 9.17) is 0 Å². The number of rotatable bonds is 2. The zero-order chi connectivity index (χ0) is 13.3. The monoisotopic (exact) mass is 253 g/mol. The molecule has 4 nitrogen and oxygen atoms in total. The Bertz CT molecular complexity index is 323. The van der Waals surface area contributed by atoms with Gasteiger partial charge in [-0.25, -0.2) is 0 Å². The van der Waals surface area contributed by atoms with Gasteiger partial charge in [0, 0.05) is 19.4 Å². The molecule has 2 aliphatic rings. The summed E-state index contributed by atoms with van der Waals surface area (Å²) in [5.41, 5.74) is -0.187. The Kier molecular flexibility index (Phi) is 3.76. The van der Waals surface area contributed by atoms with Crippen LogP contribution in [0.3, 0.4) is 0 Å². The number of aliphatic hydroxyl groups excluding tert-OH is 1. The average molecular weight is 253 g/mol. The van der Waals surface area contributed by atoms with Crippen LogP contribution in [0.15, 0.2) is 0 Å². The number of aliphatic hydroxyl groups is 1. The van der Waals surface area contributed by atoms with E-state index in [1.54, 1.807) is 0 Å². The molecule has 102 valence electrons. The Hall–Kier alpha value is -0.900. The van der Waals surface area contributed by atoms with Gasteiger partial charge >= 0.3 is 0 Å². The number of nitrogens with zero attached hydrogens (tertiary/aromatic N) is 1. The van der Waals surface area contributed by atoms with Gasteiger partial charge in [-0.1, -0.05) is 13.8 Å². The molecule has 2 rings (SSSR count). The van der Waals surface area contributed by atoms with Crippen molar-refractivity contribution in [3.63, 3.8) is 0 Å². The lowest BCUT2D eigenvalue weighted by Gasteiger charge is -2.37. The minimum atomic E-state index is -0.187. The first-order valence-corrected chi connectivity index (χ1v) is 6.89. The van der Waals surface area contributed by atoms with Crippen LogP contribution in [-0.4, -0.2) is 34.5 Å². The molecule has 4 heteroatoms. The van der Waals surface area contributed by atoms with Crippen molar-refractivity contribution < 1.29 is 14.7 Å². The molecule has 0 unspecified atom stereocenters. The Morgan fingerprint density at radius 2 is 1.61 bits per heavy atom. The number of carbonyl (C=O) groups excluding carboxylic acids is 2. The van der Waals surface area contributed by atoms with Crippen molar-refractivity contribution >= 4 is 11.8 Å². The molecule has 0 aromatic carbocycles. The summed E-state index contributed by atoms with van der Waals surface area (Å²) in [6.45, 7) is 4.49. The number of piperidine rings is 1. The van der Waals surface area contributed by atoms with Gasteiger partial charge in [-0.3, -0.25) is 14.5 Å². The summed E-state index contributed by atoms with van der Waals surface area (Å²) in [5, 5.41) is 9.46. The van der Waals surface area contributed by atoms with Gasteiger partial charge in [0.1, 0.15) is 0 Å². The van der Waals surface area contributed by atoms with Gasteiger partial charge in [-0.05, 0) is 37.0 Å². The molecule has 18 heavy (non-hydrogen) atoms. The largest absolute Gasteiger partial charge is 0.393 e. The van der Waals surface area contributed by atoms with Crippen LogP contribution in [0, 0.1) is 11.3 Å². The fourth-order valence-electron chi connectivity index (χ4n) is 3.00. The summed E-state index contributed by atoms with van der Waals surface area (Å²) in [4.78, 5) is 25.5. The smallest absolute Gasteiger partial charge is 0.229 e. The van der Waals surface area contributed by atoms with E-state index in [1.165, 1.54) is 4.90 Å². The van der Waals surface area contributed by atoms with Gasteiger partial charge in [-0.2, -0.15) is 0 Å². The van der Waals surface area contributed by atoms with Gasteiger partial charge in [0.15, 0.2) is 0 Å². The fraction of sp³-hybridized carbons (Fsp3) is 0.857. The van der Waals surface area contributed by atoms with E-state index in [9.17, 15) is 14.7 Å². The van der Waals surface area contributed by atoms with E-state index in [1.807, 2.05) is 13.8 Å². The molecule has 0 spiro atoms. The molecule has 1 aliphatic heterocycles. The van der Waals surface area contributed by atoms with Crippen molar-refractivity contribution in [1.82, 2.24) is 4.90 Å². The first-order valence-electron chi connectivity index (χ1n) is 6.89. The third kappa shape index (κ3) is 3.10. The molecule has 1 saturated carbocycles. The van der Waals surface area contributed by atoms with Crippen LogP contribution in [0.25, 0.3) is 0 Å². The maximum atomic E-state index is 12.0. The van der Waals surface area contributed by atoms with Crippen molar-refractivity contribution in [1.29, 1.82) is 0 Å². The second-order valence-electron chi connectivity index (χ2n) is 6.59. The number of likely N-dealkylation sites (tertiary alicyclic amines) is 1. The number of carbonyl (C=O) groups is 2. The highest BCUT2D eigenvalue weighted by atomic mass is 16.3. The molecule has 1 saturated heterocycles.